The fourth-order valence-electron chi connectivity index (χ4n) is 3.42. The first-order valence-corrected chi connectivity index (χ1v) is 6.51. The van der Waals surface area contributed by atoms with Gasteiger partial charge in [-0.25, -0.2) is 0 Å². The monoisotopic (exact) mass is 259 g/mol. The van der Waals surface area contributed by atoms with Gasteiger partial charge in [-0.05, 0) is 27.7 Å². The third-order valence-electron chi connectivity index (χ3n) is 3.82. The number of hydrogen-bond donors (Lipinski definition) is 1. The lowest BCUT2D eigenvalue weighted by atomic mass is 9.78. The Hall–Kier alpha value is -0.200. The van der Waals surface area contributed by atoms with Crippen LogP contribution in [0.25, 0.3) is 0 Å². The van der Waals surface area contributed by atoms with Crippen molar-refractivity contribution in [3.8, 4) is 0 Å². The highest BCUT2D eigenvalue weighted by Gasteiger charge is 2.56. The zero-order chi connectivity index (χ0) is 13.6. The number of nitrogens with zero attached hydrogens (tertiary/aromatic N) is 1. The normalized spacial score (nSPS) is 34.0. The quantitative estimate of drug-likeness (QED) is 0.819. The van der Waals surface area contributed by atoms with Gasteiger partial charge in [-0.1, -0.05) is 0 Å². The minimum absolute atomic E-state index is 0.00755. The van der Waals surface area contributed by atoms with E-state index < -0.39 is 5.79 Å². The van der Waals surface area contributed by atoms with Crippen LogP contribution in [0.2, 0.25) is 0 Å². The summed E-state index contributed by atoms with van der Waals surface area (Å²) >= 11 is 0. The molecule has 1 N–H and O–H groups in total. The topological polar surface area (TPSA) is 51.2 Å². The van der Waals surface area contributed by atoms with Gasteiger partial charge in [-0.15, -0.1) is 0 Å². The first-order valence-electron chi connectivity index (χ1n) is 6.51. The standard InChI is InChI=1S/C13H25NO4/c1-11(2)8-13(9-12(3,4)14(11)15)17-7-10(18-13)6-16-5/h10,15H,6-9H2,1-5H3. The third kappa shape index (κ3) is 2.42. The summed E-state index contributed by atoms with van der Waals surface area (Å²) in [6.07, 6.45) is 1.30. The zero-order valence-electron chi connectivity index (χ0n) is 12.0. The summed E-state index contributed by atoms with van der Waals surface area (Å²) in [4.78, 5) is 0. The second kappa shape index (κ2) is 4.42. The van der Waals surface area contributed by atoms with Gasteiger partial charge in [-0.3, -0.25) is 0 Å². The van der Waals surface area contributed by atoms with Gasteiger partial charge in [0.1, 0.15) is 6.10 Å². The van der Waals surface area contributed by atoms with Crippen LogP contribution >= 0.6 is 0 Å². The van der Waals surface area contributed by atoms with E-state index in [4.69, 9.17) is 14.2 Å². The Morgan fingerprint density at radius 1 is 1.22 bits per heavy atom. The maximum Gasteiger partial charge on any atom is 0.172 e. The van der Waals surface area contributed by atoms with E-state index in [2.05, 4.69) is 0 Å². The van der Waals surface area contributed by atoms with Crippen LogP contribution in [0, 0.1) is 0 Å². The van der Waals surface area contributed by atoms with E-state index in [0.29, 0.717) is 26.1 Å². The van der Waals surface area contributed by atoms with Crippen molar-refractivity contribution in [3.05, 3.63) is 0 Å². The SMILES string of the molecule is COCC1COC2(CC(C)(C)N(O)C(C)(C)C2)O1. The number of hydrogen-bond acceptors (Lipinski definition) is 5. The molecule has 2 saturated heterocycles. The number of hydroxylamine groups is 2. The van der Waals surface area contributed by atoms with Gasteiger partial charge >= 0.3 is 0 Å². The van der Waals surface area contributed by atoms with Gasteiger partial charge in [0, 0.05) is 31.0 Å². The maximum absolute atomic E-state index is 10.3. The lowest BCUT2D eigenvalue weighted by molar-refractivity contribution is -0.318. The molecule has 0 aliphatic carbocycles. The van der Waals surface area contributed by atoms with Crippen molar-refractivity contribution in [2.24, 2.45) is 0 Å². The minimum Gasteiger partial charge on any atom is -0.382 e. The Kier molecular flexibility index (Phi) is 3.49. The molecule has 106 valence electrons. The molecule has 0 radical (unpaired) electrons. The van der Waals surface area contributed by atoms with Crippen molar-refractivity contribution in [2.75, 3.05) is 20.3 Å². The second-order valence-electron chi connectivity index (χ2n) is 6.71. The summed E-state index contributed by atoms with van der Waals surface area (Å²) in [6.45, 7) is 9.13. The molecule has 5 heteroatoms. The molecule has 0 saturated carbocycles. The molecular weight excluding hydrogens is 234 g/mol. The Bertz CT molecular complexity index is 298. The van der Waals surface area contributed by atoms with E-state index in [1.165, 1.54) is 5.06 Å². The van der Waals surface area contributed by atoms with E-state index in [0.717, 1.165) is 0 Å². The summed E-state index contributed by atoms with van der Waals surface area (Å²) < 4.78 is 17.1. The fraction of sp³-hybridized carbons (Fsp3) is 1.00. The Labute approximate surface area is 109 Å². The predicted octanol–water partition coefficient (Wildman–Crippen LogP) is 1.79. The van der Waals surface area contributed by atoms with Gasteiger partial charge in [0.2, 0.25) is 0 Å². The van der Waals surface area contributed by atoms with Crippen molar-refractivity contribution in [3.63, 3.8) is 0 Å². The van der Waals surface area contributed by atoms with Gasteiger partial charge < -0.3 is 19.4 Å². The summed E-state index contributed by atoms with van der Waals surface area (Å²) in [6, 6.07) is 0. The first kappa shape index (κ1) is 14.2. The maximum atomic E-state index is 10.3. The van der Waals surface area contributed by atoms with Crippen molar-refractivity contribution >= 4 is 0 Å². The lowest BCUT2D eigenvalue weighted by Gasteiger charge is -2.54. The van der Waals surface area contributed by atoms with Crippen LogP contribution in [0.15, 0.2) is 0 Å². The average Bonchev–Trinajstić information content (AvgIpc) is 2.57. The number of rotatable bonds is 2. The van der Waals surface area contributed by atoms with E-state index >= 15 is 0 Å². The molecule has 0 aromatic carbocycles. The summed E-state index contributed by atoms with van der Waals surface area (Å²) in [5, 5.41) is 11.7. The van der Waals surface area contributed by atoms with E-state index in [9.17, 15) is 5.21 Å². The Morgan fingerprint density at radius 2 is 1.78 bits per heavy atom. The van der Waals surface area contributed by atoms with Crippen molar-refractivity contribution in [1.29, 1.82) is 0 Å². The lowest BCUT2D eigenvalue weighted by Crippen LogP contribution is -2.64. The average molecular weight is 259 g/mol. The van der Waals surface area contributed by atoms with Crippen LogP contribution in [0.3, 0.4) is 0 Å². The molecule has 1 atom stereocenters. The molecular formula is C13H25NO4. The van der Waals surface area contributed by atoms with Gasteiger partial charge in [0.25, 0.3) is 0 Å². The molecule has 0 aromatic heterocycles. The van der Waals surface area contributed by atoms with Crippen molar-refractivity contribution < 1.29 is 19.4 Å². The third-order valence-corrected chi connectivity index (χ3v) is 3.82. The molecule has 1 unspecified atom stereocenters. The van der Waals surface area contributed by atoms with E-state index in [1.54, 1.807) is 7.11 Å². The number of methoxy groups -OCH3 is 1. The Balaban J connectivity index is 2.16. The predicted molar refractivity (Wildman–Crippen MR) is 66.4 cm³/mol. The largest absolute Gasteiger partial charge is 0.382 e. The molecule has 2 fully saturated rings. The van der Waals surface area contributed by atoms with Crippen LogP contribution in [0.4, 0.5) is 0 Å². The molecule has 2 rings (SSSR count). The molecule has 2 aliphatic heterocycles. The molecule has 0 aromatic rings. The summed E-state index contributed by atoms with van der Waals surface area (Å²) in [7, 11) is 1.67. The molecule has 5 nitrogen and oxygen atoms in total. The van der Waals surface area contributed by atoms with Gasteiger partial charge in [0.15, 0.2) is 5.79 Å². The van der Waals surface area contributed by atoms with Crippen LogP contribution in [0.1, 0.15) is 40.5 Å². The number of piperidine rings is 1. The molecule has 18 heavy (non-hydrogen) atoms. The van der Waals surface area contributed by atoms with Crippen molar-refractivity contribution in [2.45, 2.75) is 63.5 Å². The second-order valence-corrected chi connectivity index (χ2v) is 6.71. The van der Waals surface area contributed by atoms with Gasteiger partial charge in [-0.2, -0.15) is 5.06 Å². The molecule has 0 bridgehead atoms. The smallest absolute Gasteiger partial charge is 0.172 e. The van der Waals surface area contributed by atoms with Crippen LogP contribution in [-0.4, -0.2) is 53.6 Å². The molecule has 2 aliphatic rings. The van der Waals surface area contributed by atoms with E-state index in [1.807, 2.05) is 27.7 Å². The fourth-order valence-corrected chi connectivity index (χ4v) is 3.42. The first-order chi connectivity index (χ1) is 8.21. The Morgan fingerprint density at radius 3 is 2.28 bits per heavy atom. The van der Waals surface area contributed by atoms with Crippen LogP contribution in [0.5, 0.6) is 0 Å². The van der Waals surface area contributed by atoms with Crippen LogP contribution < -0.4 is 0 Å². The molecule has 0 amide bonds. The van der Waals surface area contributed by atoms with Crippen molar-refractivity contribution in [1.82, 2.24) is 5.06 Å². The summed E-state index contributed by atoms with van der Waals surface area (Å²) in [5.41, 5.74) is -0.743. The minimum atomic E-state index is -0.588. The van der Waals surface area contributed by atoms with Gasteiger partial charge in [0.05, 0.1) is 13.2 Å². The highest BCUT2D eigenvalue weighted by Crippen LogP contribution is 2.47. The summed E-state index contributed by atoms with van der Waals surface area (Å²) in [5.74, 6) is -0.588. The highest BCUT2D eigenvalue weighted by molar-refractivity contribution is 5.02. The molecule has 2 heterocycles. The number of ether oxygens (including phenoxy) is 3. The highest BCUT2D eigenvalue weighted by atomic mass is 16.8. The molecule has 1 spiro atoms. The van der Waals surface area contributed by atoms with E-state index in [-0.39, 0.29) is 17.2 Å². The zero-order valence-corrected chi connectivity index (χ0v) is 12.0. The van der Waals surface area contributed by atoms with Crippen LogP contribution in [-0.2, 0) is 14.2 Å².